The maximum atomic E-state index is 12.4. The fourth-order valence-corrected chi connectivity index (χ4v) is 3.78. The number of aliphatic carboxylic acids is 1. The predicted octanol–water partition coefficient (Wildman–Crippen LogP) is 1.59. The molecular weight excluding hydrogens is 438 g/mol. The third kappa shape index (κ3) is 5.60. The molecular formula is C23H25N7O4. The second-order valence-electron chi connectivity index (χ2n) is 7.89. The average Bonchev–Trinajstić information content (AvgIpc) is 3.26. The second kappa shape index (κ2) is 10.6. The Bertz CT molecular complexity index is 1110. The summed E-state index contributed by atoms with van der Waals surface area (Å²) >= 11 is 0. The maximum absolute atomic E-state index is 12.4. The van der Waals surface area contributed by atoms with Gasteiger partial charge in [0.2, 0.25) is 17.7 Å². The van der Waals surface area contributed by atoms with Gasteiger partial charge in [-0.1, -0.05) is 12.1 Å². The number of amides is 1. The molecule has 1 aromatic heterocycles. The van der Waals surface area contributed by atoms with Crippen LogP contribution in [0.3, 0.4) is 0 Å². The first-order valence-electron chi connectivity index (χ1n) is 11.0. The van der Waals surface area contributed by atoms with Gasteiger partial charge in [-0.2, -0.15) is 5.26 Å². The number of ether oxygens (including phenoxy) is 1. The molecule has 0 saturated carbocycles. The molecule has 34 heavy (non-hydrogen) atoms. The lowest BCUT2D eigenvalue weighted by atomic mass is 10.2. The molecule has 1 fully saturated rings. The fraction of sp³-hybridized carbons (Fsp3) is 0.348. The Balaban J connectivity index is 1.27. The number of carbonyl (C=O) groups is 2. The van der Waals surface area contributed by atoms with Crippen molar-refractivity contribution in [3.63, 3.8) is 0 Å². The van der Waals surface area contributed by atoms with E-state index in [9.17, 15) is 14.9 Å². The Kier molecular flexibility index (Phi) is 7.19. The summed E-state index contributed by atoms with van der Waals surface area (Å²) < 4.78 is 5.75. The van der Waals surface area contributed by atoms with Crippen LogP contribution in [0.5, 0.6) is 5.75 Å². The summed E-state index contributed by atoms with van der Waals surface area (Å²) in [4.78, 5) is 35.4. The quantitative estimate of drug-likeness (QED) is 0.390. The first-order valence-corrected chi connectivity index (χ1v) is 11.0. The first kappa shape index (κ1) is 23.0. The third-order valence-corrected chi connectivity index (χ3v) is 5.53. The Morgan fingerprint density at radius 3 is 2.74 bits per heavy atom. The smallest absolute Gasteiger partial charge is 0.317 e. The molecule has 0 aliphatic carbocycles. The summed E-state index contributed by atoms with van der Waals surface area (Å²) in [7, 11) is 0. The summed E-state index contributed by atoms with van der Waals surface area (Å²) in [6.07, 6.45) is 2.52. The minimum Gasteiger partial charge on any atom is -0.480 e. The van der Waals surface area contributed by atoms with E-state index in [0.717, 1.165) is 5.69 Å². The number of aromatic nitrogens is 2. The van der Waals surface area contributed by atoms with Gasteiger partial charge in [0.25, 0.3) is 0 Å². The van der Waals surface area contributed by atoms with Crippen molar-refractivity contribution in [2.45, 2.75) is 12.8 Å². The molecule has 4 rings (SSSR count). The van der Waals surface area contributed by atoms with Gasteiger partial charge in [-0.3, -0.25) is 14.5 Å². The van der Waals surface area contributed by atoms with Crippen LogP contribution in [0.25, 0.3) is 5.57 Å². The van der Waals surface area contributed by atoms with Crippen LogP contribution in [0.4, 0.5) is 11.6 Å². The number of nitrogens with zero attached hydrogens (tertiary/aromatic N) is 5. The maximum Gasteiger partial charge on any atom is 0.317 e. The summed E-state index contributed by atoms with van der Waals surface area (Å²) in [5.74, 6) is 0.517. The van der Waals surface area contributed by atoms with Crippen LogP contribution < -0.4 is 15.4 Å². The number of nitrogens with one attached hydrogen (secondary N) is 2. The number of para-hydroxylation sites is 2. The zero-order valence-electron chi connectivity index (χ0n) is 18.5. The lowest BCUT2D eigenvalue weighted by Gasteiger charge is -2.33. The Morgan fingerprint density at radius 1 is 1.21 bits per heavy atom. The van der Waals surface area contributed by atoms with E-state index in [4.69, 9.17) is 9.84 Å². The van der Waals surface area contributed by atoms with Crippen LogP contribution >= 0.6 is 0 Å². The van der Waals surface area contributed by atoms with Crippen molar-refractivity contribution in [1.29, 1.82) is 5.26 Å². The van der Waals surface area contributed by atoms with Crippen LogP contribution in [0, 0.1) is 11.3 Å². The van der Waals surface area contributed by atoms with E-state index in [1.807, 2.05) is 29.2 Å². The summed E-state index contributed by atoms with van der Waals surface area (Å²) in [5, 5.41) is 24.7. The fourth-order valence-electron chi connectivity index (χ4n) is 3.78. The van der Waals surface area contributed by atoms with Crippen molar-refractivity contribution >= 4 is 29.1 Å². The van der Waals surface area contributed by atoms with Crippen LogP contribution in [0.15, 0.2) is 42.4 Å². The molecule has 0 bridgehead atoms. The van der Waals surface area contributed by atoms with Crippen molar-refractivity contribution < 1.29 is 19.4 Å². The average molecular weight is 463 g/mol. The van der Waals surface area contributed by atoms with E-state index in [0.29, 0.717) is 68.8 Å². The topological polar surface area (TPSA) is 144 Å². The van der Waals surface area contributed by atoms with Crippen molar-refractivity contribution in [2.24, 2.45) is 0 Å². The summed E-state index contributed by atoms with van der Waals surface area (Å²) in [6.45, 7) is 2.71. The highest BCUT2D eigenvalue weighted by atomic mass is 16.5. The molecule has 0 atom stereocenters. The number of nitriles is 1. The normalized spacial score (nSPS) is 16.6. The number of carboxylic acid groups (broad SMARTS) is 1. The van der Waals surface area contributed by atoms with Crippen LogP contribution in [-0.4, -0.2) is 76.0 Å². The van der Waals surface area contributed by atoms with Crippen molar-refractivity contribution in [3.05, 3.63) is 48.1 Å². The van der Waals surface area contributed by atoms with Gasteiger partial charge in [-0.25, -0.2) is 9.97 Å². The molecule has 0 radical (unpaired) electrons. The molecule has 1 aromatic carbocycles. The number of benzene rings is 1. The van der Waals surface area contributed by atoms with Gasteiger partial charge >= 0.3 is 5.97 Å². The lowest BCUT2D eigenvalue weighted by Crippen LogP contribution is -2.49. The van der Waals surface area contributed by atoms with Crippen LogP contribution in [0.2, 0.25) is 0 Å². The van der Waals surface area contributed by atoms with Crippen molar-refractivity contribution in [1.82, 2.24) is 19.8 Å². The highest BCUT2D eigenvalue weighted by Crippen LogP contribution is 2.35. The Labute approximate surface area is 196 Å². The molecule has 0 spiro atoms. The van der Waals surface area contributed by atoms with E-state index in [1.54, 1.807) is 17.2 Å². The number of rotatable bonds is 8. The number of carboxylic acids is 1. The van der Waals surface area contributed by atoms with E-state index >= 15 is 0 Å². The number of fused-ring (bicyclic) bond motifs is 1. The van der Waals surface area contributed by atoms with Gasteiger partial charge in [-0.05, 0) is 24.6 Å². The lowest BCUT2D eigenvalue weighted by molar-refractivity contribution is -0.139. The molecule has 3 N–H and O–H groups in total. The number of hydrogen-bond donors (Lipinski definition) is 3. The number of allylic oxidation sites excluding steroid dienone is 1. The monoisotopic (exact) mass is 463 g/mol. The van der Waals surface area contributed by atoms with Gasteiger partial charge in [0, 0.05) is 45.3 Å². The molecule has 11 nitrogen and oxygen atoms in total. The zero-order chi connectivity index (χ0) is 23.9. The van der Waals surface area contributed by atoms with Crippen LogP contribution in [0.1, 0.15) is 18.5 Å². The first-order chi connectivity index (χ1) is 16.5. The van der Waals surface area contributed by atoms with E-state index in [1.165, 1.54) is 0 Å². The van der Waals surface area contributed by atoms with Crippen LogP contribution in [-0.2, 0) is 9.59 Å². The van der Waals surface area contributed by atoms with Gasteiger partial charge in [-0.15, -0.1) is 0 Å². The predicted molar refractivity (Wildman–Crippen MR) is 124 cm³/mol. The highest BCUT2D eigenvalue weighted by molar-refractivity contribution is 5.82. The zero-order valence-corrected chi connectivity index (χ0v) is 18.5. The summed E-state index contributed by atoms with van der Waals surface area (Å²) in [5.41, 5.74) is 1.47. The number of hydrogen-bond acceptors (Lipinski definition) is 9. The molecule has 2 aliphatic rings. The molecule has 2 aromatic rings. The molecule has 0 unspecified atom stereocenters. The van der Waals surface area contributed by atoms with Crippen molar-refractivity contribution in [3.8, 4) is 11.8 Å². The van der Waals surface area contributed by atoms with Gasteiger partial charge in [0.05, 0.1) is 17.9 Å². The SMILES string of the molecule is N#C/C(=C1/Nc2ccccc2O1)c1ccnc(NCCCC(=O)N2CCN(CC(=O)O)CC2)n1. The second-order valence-corrected chi connectivity index (χ2v) is 7.89. The van der Waals surface area contributed by atoms with E-state index in [-0.39, 0.29) is 18.0 Å². The molecule has 1 amide bonds. The standard InChI is InChI=1S/C23H25N7O4/c24-14-16(22-27-18-4-1-2-5-19(18)34-22)17-7-9-26-23(28-17)25-8-3-6-20(31)30-12-10-29(11-13-30)15-21(32)33/h1-2,4-5,7,9,27H,3,6,8,10-13,15H2,(H,32,33)(H,25,26,28)/b22-16+. The van der Waals surface area contributed by atoms with E-state index in [2.05, 4.69) is 26.7 Å². The summed E-state index contributed by atoms with van der Waals surface area (Å²) in [6, 6.07) is 11.2. The molecule has 176 valence electrons. The molecule has 11 heteroatoms. The molecule has 3 heterocycles. The number of anilines is 2. The van der Waals surface area contributed by atoms with Gasteiger partial charge in [0.15, 0.2) is 5.75 Å². The number of piperazine rings is 1. The van der Waals surface area contributed by atoms with Gasteiger partial charge in [0.1, 0.15) is 11.6 Å². The Hall–Kier alpha value is -4.17. The van der Waals surface area contributed by atoms with E-state index < -0.39 is 5.97 Å². The molecule has 1 saturated heterocycles. The third-order valence-electron chi connectivity index (χ3n) is 5.53. The minimum absolute atomic E-state index is 0.00430. The van der Waals surface area contributed by atoms with Crippen molar-refractivity contribution in [2.75, 3.05) is 49.9 Å². The molecule has 2 aliphatic heterocycles. The highest BCUT2D eigenvalue weighted by Gasteiger charge is 2.23. The number of carbonyl (C=O) groups excluding carboxylic acids is 1. The minimum atomic E-state index is -0.854. The van der Waals surface area contributed by atoms with Gasteiger partial charge < -0.3 is 25.4 Å². The Morgan fingerprint density at radius 2 is 2.00 bits per heavy atom. The largest absolute Gasteiger partial charge is 0.480 e.